The van der Waals surface area contributed by atoms with Gasteiger partial charge in [0.05, 0.1) is 12.7 Å². The van der Waals surface area contributed by atoms with Crippen LogP contribution in [0.1, 0.15) is 33.4 Å². The Morgan fingerprint density at radius 2 is 1.36 bits per heavy atom. The highest BCUT2D eigenvalue weighted by atomic mass is 15.4. The monoisotopic (exact) mass is 467 g/mol. The summed E-state index contributed by atoms with van der Waals surface area (Å²) in [5, 5.41) is 8.97. The van der Waals surface area contributed by atoms with Crippen LogP contribution in [0, 0.1) is 34.6 Å². The molecule has 0 bridgehead atoms. The molecular formula is C32H30BN3. The van der Waals surface area contributed by atoms with E-state index in [0.717, 1.165) is 11.3 Å². The summed E-state index contributed by atoms with van der Waals surface area (Å²) in [5.74, 6) is 0. The topological polar surface area (TPSA) is 30.7 Å². The van der Waals surface area contributed by atoms with Crippen molar-refractivity contribution in [2.75, 3.05) is 0 Å². The van der Waals surface area contributed by atoms with Gasteiger partial charge in [-0.05, 0) is 51.3 Å². The molecule has 0 spiro atoms. The zero-order chi connectivity index (χ0) is 25.0. The number of benzene rings is 4. The molecule has 0 fully saturated rings. The van der Waals surface area contributed by atoms with Crippen molar-refractivity contribution in [3.8, 4) is 22.4 Å². The van der Waals surface area contributed by atoms with Crippen LogP contribution in [0.3, 0.4) is 0 Å². The molecule has 0 radical (unpaired) electrons. The summed E-state index contributed by atoms with van der Waals surface area (Å²) in [7, 11) is 0. The zero-order valence-electron chi connectivity index (χ0n) is 21.6. The molecule has 3 nitrogen and oxygen atoms in total. The van der Waals surface area contributed by atoms with Crippen LogP contribution in [-0.4, -0.2) is 21.7 Å². The van der Waals surface area contributed by atoms with Crippen LogP contribution in [0.5, 0.6) is 0 Å². The predicted octanol–water partition coefficient (Wildman–Crippen LogP) is 5.03. The summed E-state index contributed by atoms with van der Waals surface area (Å²) in [5.41, 5.74) is 16.9. The second-order valence-corrected chi connectivity index (χ2v) is 10.4. The molecule has 2 heterocycles. The molecule has 0 N–H and O–H groups in total. The molecule has 1 aliphatic heterocycles. The van der Waals surface area contributed by atoms with Crippen LogP contribution >= 0.6 is 0 Å². The van der Waals surface area contributed by atoms with Gasteiger partial charge in [0.15, 0.2) is 0 Å². The van der Waals surface area contributed by atoms with E-state index in [1.165, 1.54) is 60.9 Å². The van der Waals surface area contributed by atoms with Crippen LogP contribution in [0.15, 0.2) is 79.0 Å². The Bertz CT molecular complexity index is 1590. The highest BCUT2D eigenvalue weighted by molar-refractivity contribution is 6.99. The number of rotatable bonds is 4. The summed E-state index contributed by atoms with van der Waals surface area (Å²) in [6.07, 6.45) is 2.06. The van der Waals surface area contributed by atoms with E-state index in [-0.39, 0.29) is 6.71 Å². The molecule has 0 saturated heterocycles. The van der Waals surface area contributed by atoms with Crippen molar-refractivity contribution in [1.29, 1.82) is 0 Å². The van der Waals surface area contributed by atoms with Crippen LogP contribution < -0.4 is 16.4 Å². The first-order valence-electron chi connectivity index (χ1n) is 12.7. The fraction of sp³-hybridized carbons (Fsp3) is 0.188. The first-order chi connectivity index (χ1) is 17.4. The molecule has 0 atom stereocenters. The Labute approximate surface area is 213 Å². The minimum atomic E-state index is 0.218. The molecule has 4 heteroatoms. The largest absolute Gasteiger partial charge is 0.247 e. The SMILES string of the molecule is Cc1cc(C)c(B2c3cc(-c4cn(Cc5ccccc5)nn4)ccc3-c3cc(C)cc(C)c32)c(C)c1. The maximum atomic E-state index is 4.55. The lowest BCUT2D eigenvalue weighted by Gasteiger charge is -2.19. The molecule has 4 aromatic carbocycles. The van der Waals surface area contributed by atoms with Crippen molar-refractivity contribution in [2.24, 2.45) is 0 Å². The molecule has 5 aromatic rings. The Morgan fingerprint density at radius 1 is 0.694 bits per heavy atom. The van der Waals surface area contributed by atoms with Gasteiger partial charge >= 0.3 is 0 Å². The van der Waals surface area contributed by atoms with Gasteiger partial charge in [0, 0.05) is 5.56 Å². The van der Waals surface area contributed by atoms with Crippen LogP contribution in [0.2, 0.25) is 0 Å². The van der Waals surface area contributed by atoms with E-state index in [1.807, 2.05) is 10.7 Å². The molecule has 0 amide bonds. The lowest BCUT2D eigenvalue weighted by Crippen LogP contribution is -2.52. The number of hydrogen-bond donors (Lipinski definition) is 0. The highest BCUT2D eigenvalue weighted by Crippen LogP contribution is 2.29. The van der Waals surface area contributed by atoms with E-state index in [0.29, 0.717) is 6.54 Å². The lowest BCUT2D eigenvalue weighted by atomic mass is 9.36. The number of hydrogen-bond acceptors (Lipinski definition) is 2. The van der Waals surface area contributed by atoms with Gasteiger partial charge in [0.2, 0.25) is 6.71 Å². The van der Waals surface area contributed by atoms with Crippen LogP contribution in [0.25, 0.3) is 22.4 Å². The van der Waals surface area contributed by atoms with Crippen molar-refractivity contribution in [3.05, 3.63) is 112 Å². The second-order valence-electron chi connectivity index (χ2n) is 10.4. The molecule has 0 unspecified atom stereocenters. The van der Waals surface area contributed by atoms with Gasteiger partial charge in [0.1, 0.15) is 5.69 Å². The third-order valence-corrected chi connectivity index (χ3v) is 7.52. The third kappa shape index (κ3) is 3.78. The van der Waals surface area contributed by atoms with Gasteiger partial charge in [-0.15, -0.1) is 5.10 Å². The fourth-order valence-electron chi connectivity index (χ4n) is 6.17. The highest BCUT2D eigenvalue weighted by Gasteiger charge is 2.36. The van der Waals surface area contributed by atoms with Crippen molar-refractivity contribution in [2.45, 2.75) is 41.2 Å². The number of nitrogens with zero attached hydrogens (tertiary/aromatic N) is 3. The smallest absolute Gasteiger partial charge is 0.243 e. The normalized spacial score (nSPS) is 12.1. The summed E-state index contributed by atoms with van der Waals surface area (Å²) >= 11 is 0. The van der Waals surface area contributed by atoms with Crippen LogP contribution in [-0.2, 0) is 6.54 Å². The minimum absolute atomic E-state index is 0.218. The summed E-state index contributed by atoms with van der Waals surface area (Å²) in [4.78, 5) is 0. The van der Waals surface area contributed by atoms with E-state index in [1.54, 1.807) is 0 Å². The van der Waals surface area contributed by atoms with Gasteiger partial charge in [-0.1, -0.05) is 122 Å². The minimum Gasteiger partial charge on any atom is -0.247 e. The van der Waals surface area contributed by atoms with E-state index < -0.39 is 0 Å². The standard InChI is InChI=1S/C32H30BN3/c1-20-13-22(3)31(23(4)14-20)33-29-17-26(11-12-27(29)28-16-21(2)15-24(5)32(28)33)30-19-36(35-34-30)18-25-9-7-6-8-10-25/h6-17,19H,18H2,1-5H3. The zero-order valence-corrected chi connectivity index (χ0v) is 21.6. The molecule has 6 rings (SSSR count). The van der Waals surface area contributed by atoms with Crippen molar-refractivity contribution in [1.82, 2.24) is 15.0 Å². The Kier molecular flexibility index (Phi) is 5.41. The number of aromatic nitrogens is 3. The third-order valence-electron chi connectivity index (χ3n) is 7.52. The molecule has 0 saturated carbocycles. The first kappa shape index (κ1) is 22.5. The first-order valence-corrected chi connectivity index (χ1v) is 12.7. The van der Waals surface area contributed by atoms with Gasteiger partial charge in [0.25, 0.3) is 0 Å². The van der Waals surface area contributed by atoms with E-state index in [9.17, 15) is 0 Å². The van der Waals surface area contributed by atoms with Gasteiger partial charge in [-0.3, -0.25) is 0 Å². The average Bonchev–Trinajstić information content (AvgIpc) is 3.42. The van der Waals surface area contributed by atoms with E-state index in [4.69, 9.17) is 0 Å². The summed E-state index contributed by atoms with van der Waals surface area (Å²) < 4.78 is 1.92. The molecule has 176 valence electrons. The van der Waals surface area contributed by atoms with E-state index in [2.05, 4.69) is 118 Å². The quantitative estimate of drug-likeness (QED) is 0.341. The van der Waals surface area contributed by atoms with E-state index >= 15 is 0 Å². The number of aryl methyl sites for hydroxylation is 5. The Balaban J connectivity index is 1.48. The maximum absolute atomic E-state index is 4.55. The molecule has 0 aliphatic carbocycles. The molecule has 1 aromatic heterocycles. The van der Waals surface area contributed by atoms with Crippen molar-refractivity contribution in [3.63, 3.8) is 0 Å². The molecule has 36 heavy (non-hydrogen) atoms. The van der Waals surface area contributed by atoms with Gasteiger partial charge in [-0.2, -0.15) is 0 Å². The Hall–Kier alpha value is -3.92. The van der Waals surface area contributed by atoms with Crippen LogP contribution in [0.4, 0.5) is 0 Å². The lowest BCUT2D eigenvalue weighted by molar-refractivity contribution is 0.650. The predicted molar refractivity (Wildman–Crippen MR) is 151 cm³/mol. The van der Waals surface area contributed by atoms with Crippen molar-refractivity contribution >= 4 is 23.1 Å². The number of fused-ring (bicyclic) bond motifs is 3. The summed E-state index contributed by atoms with van der Waals surface area (Å²) in [6, 6.07) is 26.6. The summed E-state index contributed by atoms with van der Waals surface area (Å²) in [6.45, 7) is 12.1. The average molecular weight is 467 g/mol. The van der Waals surface area contributed by atoms with Crippen molar-refractivity contribution < 1.29 is 0 Å². The second kappa shape index (κ2) is 8.63. The molecule has 1 aliphatic rings. The van der Waals surface area contributed by atoms with Gasteiger partial charge in [-0.25, -0.2) is 4.68 Å². The van der Waals surface area contributed by atoms with Gasteiger partial charge < -0.3 is 0 Å². The molecular weight excluding hydrogens is 437 g/mol. The Morgan fingerprint density at radius 3 is 2.08 bits per heavy atom. The fourth-order valence-corrected chi connectivity index (χ4v) is 6.17. The maximum Gasteiger partial charge on any atom is 0.243 e.